The number of Topliss-reactive ketones (excluding diaryl/α,β-unsaturated/α-hetero) is 1. The highest BCUT2D eigenvalue weighted by molar-refractivity contribution is 6.44. The smallest absolute Gasteiger partial charge is 0.377 e. The molecule has 0 saturated heterocycles. The van der Waals surface area contributed by atoms with Gasteiger partial charge in [0.05, 0.1) is 0 Å². The number of carboxylic acid groups (broad SMARTS) is 1. The van der Waals surface area contributed by atoms with E-state index in [4.69, 9.17) is 5.11 Å². The molecule has 0 unspecified atom stereocenters. The van der Waals surface area contributed by atoms with E-state index in [1.807, 2.05) is 36.4 Å². The van der Waals surface area contributed by atoms with Gasteiger partial charge < -0.3 is 5.11 Å². The first kappa shape index (κ1) is 13.9. The van der Waals surface area contributed by atoms with E-state index in [-0.39, 0.29) is 5.56 Å². The molecule has 1 N–H and O–H groups in total. The lowest BCUT2D eigenvalue weighted by Crippen LogP contribution is -2.13. The number of carboxylic acids is 1. The minimum Gasteiger partial charge on any atom is -0.475 e. The molecule has 0 aromatic heterocycles. The van der Waals surface area contributed by atoms with Crippen LogP contribution in [0.4, 0.5) is 0 Å². The second-order valence-corrected chi connectivity index (χ2v) is 6.23. The molecule has 118 valence electrons. The van der Waals surface area contributed by atoms with Crippen molar-refractivity contribution in [2.45, 2.75) is 0 Å². The molecule has 0 aliphatic rings. The predicted octanol–water partition coefficient (Wildman–Crippen LogP) is 5.00. The van der Waals surface area contributed by atoms with Crippen molar-refractivity contribution < 1.29 is 14.7 Å². The van der Waals surface area contributed by atoms with E-state index in [0.29, 0.717) is 5.39 Å². The molecule has 0 atom stereocenters. The minimum atomic E-state index is -1.43. The zero-order valence-corrected chi connectivity index (χ0v) is 13.1. The lowest BCUT2D eigenvalue weighted by Gasteiger charge is -2.15. The largest absolute Gasteiger partial charge is 0.475 e. The average Bonchev–Trinajstić information content (AvgIpc) is 2.65. The maximum absolute atomic E-state index is 12.1. The quantitative estimate of drug-likeness (QED) is 0.215. The van der Waals surface area contributed by atoms with E-state index in [0.717, 1.165) is 26.9 Å². The van der Waals surface area contributed by atoms with Crippen LogP contribution in [0.3, 0.4) is 0 Å². The van der Waals surface area contributed by atoms with Crippen molar-refractivity contribution in [1.82, 2.24) is 0 Å². The zero-order chi connectivity index (χ0) is 17.1. The van der Waals surface area contributed by atoms with Gasteiger partial charge in [0, 0.05) is 5.56 Å². The van der Waals surface area contributed by atoms with Gasteiger partial charge in [0.15, 0.2) is 0 Å². The van der Waals surface area contributed by atoms with Gasteiger partial charge in [-0.05, 0) is 49.2 Å². The Bertz CT molecular complexity index is 1280. The van der Waals surface area contributed by atoms with Gasteiger partial charge in [-0.3, -0.25) is 4.79 Å². The number of fused-ring (bicyclic) bond motifs is 2. The summed E-state index contributed by atoms with van der Waals surface area (Å²) in [4.78, 5) is 23.3. The number of benzene rings is 5. The molecule has 0 fully saturated rings. The molecule has 0 aliphatic carbocycles. The van der Waals surface area contributed by atoms with Crippen LogP contribution in [-0.4, -0.2) is 16.9 Å². The Kier molecular flexibility index (Phi) is 2.66. The van der Waals surface area contributed by atoms with E-state index in [9.17, 15) is 9.59 Å². The third-order valence-corrected chi connectivity index (χ3v) is 4.96. The molecule has 0 amide bonds. The van der Waals surface area contributed by atoms with Crippen molar-refractivity contribution in [1.29, 1.82) is 0 Å². The van der Waals surface area contributed by atoms with E-state index >= 15 is 0 Å². The van der Waals surface area contributed by atoms with Crippen molar-refractivity contribution in [3.63, 3.8) is 0 Å². The fourth-order valence-electron chi connectivity index (χ4n) is 3.96. The van der Waals surface area contributed by atoms with Crippen molar-refractivity contribution in [3.8, 4) is 0 Å². The van der Waals surface area contributed by atoms with Crippen LogP contribution in [0.15, 0.2) is 66.7 Å². The van der Waals surface area contributed by atoms with Gasteiger partial charge in [-0.25, -0.2) is 4.79 Å². The summed E-state index contributed by atoms with van der Waals surface area (Å²) in [6.07, 6.45) is 0. The zero-order valence-electron chi connectivity index (χ0n) is 13.1. The Labute approximate surface area is 142 Å². The van der Waals surface area contributed by atoms with Crippen LogP contribution >= 0.6 is 0 Å². The predicted molar refractivity (Wildman–Crippen MR) is 99.6 cm³/mol. The van der Waals surface area contributed by atoms with Crippen molar-refractivity contribution in [3.05, 3.63) is 72.3 Å². The molecule has 5 aromatic rings. The number of carbonyl (C=O) groups excluding carboxylic acids is 1. The second-order valence-electron chi connectivity index (χ2n) is 6.23. The molecule has 0 heterocycles. The Morgan fingerprint density at radius 2 is 1.12 bits per heavy atom. The number of ketones is 1. The van der Waals surface area contributed by atoms with E-state index in [1.165, 1.54) is 10.8 Å². The summed E-state index contributed by atoms with van der Waals surface area (Å²) in [6, 6.07) is 21.6. The van der Waals surface area contributed by atoms with Crippen LogP contribution in [0.2, 0.25) is 0 Å². The maximum Gasteiger partial charge on any atom is 0.377 e. The molecule has 0 bridgehead atoms. The van der Waals surface area contributed by atoms with Crippen LogP contribution in [-0.2, 0) is 4.79 Å². The van der Waals surface area contributed by atoms with Crippen LogP contribution < -0.4 is 0 Å². The summed E-state index contributed by atoms with van der Waals surface area (Å²) < 4.78 is 0. The van der Waals surface area contributed by atoms with Gasteiger partial charge in [-0.2, -0.15) is 0 Å². The standard InChI is InChI=1S/C22H12O3/c23-21(22(24)25)18-11-10-17-14-7-2-5-12-4-1-6-13(19(12)14)15-8-3-9-16(18)20(15)17/h1-11H,(H,24,25). The van der Waals surface area contributed by atoms with Crippen molar-refractivity contribution in [2.24, 2.45) is 0 Å². The molecule has 5 aromatic carbocycles. The summed E-state index contributed by atoms with van der Waals surface area (Å²) in [5, 5.41) is 17.4. The Morgan fingerprint density at radius 3 is 1.76 bits per heavy atom. The molecule has 5 rings (SSSR count). The molecule has 0 aliphatic heterocycles. The maximum atomic E-state index is 12.1. The molecule has 0 saturated carbocycles. The molecule has 3 nitrogen and oxygen atoms in total. The third kappa shape index (κ3) is 1.75. The summed E-state index contributed by atoms with van der Waals surface area (Å²) in [5.74, 6) is -2.31. The van der Waals surface area contributed by atoms with E-state index < -0.39 is 11.8 Å². The molecular formula is C22H12O3. The summed E-state index contributed by atoms with van der Waals surface area (Å²) in [6.45, 7) is 0. The summed E-state index contributed by atoms with van der Waals surface area (Å²) in [5.41, 5.74) is 0.236. The van der Waals surface area contributed by atoms with Gasteiger partial charge in [-0.1, -0.05) is 60.7 Å². The fourth-order valence-corrected chi connectivity index (χ4v) is 3.96. The number of hydrogen-bond donors (Lipinski definition) is 1. The first-order valence-corrected chi connectivity index (χ1v) is 8.02. The molecule has 0 spiro atoms. The number of rotatable bonds is 2. The van der Waals surface area contributed by atoms with Crippen molar-refractivity contribution >= 4 is 54.8 Å². The lowest BCUT2D eigenvalue weighted by molar-refractivity contribution is -0.131. The lowest BCUT2D eigenvalue weighted by atomic mass is 9.88. The SMILES string of the molecule is O=C(O)C(=O)c1ccc2c3cccc4cccc(c5cccc1c52)c43. The highest BCUT2D eigenvalue weighted by Gasteiger charge is 2.20. The third-order valence-electron chi connectivity index (χ3n) is 4.96. The number of aliphatic carboxylic acids is 1. The highest BCUT2D eigenvalue weighted by atomic mass is 16.4. The Morgan fingerprint density at radius 1 is 0.600 bits per heavy atom. The number of carbonyl (C=O) groups is 2. The van der Waals surface area contributed by atoms with Gasteiger partial charge >= 0.3 is 5.97 Å². The van der Waals surface area contributed by atoms with Crippen LogP contribution in [0.25, 0.3) is 43.1 Å². The minimum absolute atomic E-state index is 0.236. The van der Waals surface area contributed by atoms with Gasteiger partial charge in [0.25, 0.3) is 5.78 Å². The van der Waals surface area contributed by atoms with Crippen LogP contribution in [0, 0.1) is 0 Å². The van der Waals surface area contributed by atoms with Gasteiger partial charge in [0.1, 0.15) is 0 Å². The Balaban J connectivity index is 2.11. The first-order valence-electron chi connectivity index (χ1n) is 8.02. The normalized spacial score (nSPS) is 11.7. The van der Waals surface area contributed by atoms with E-state index in [2.05, 4.69) is 24.3 Å². The molecule has 3 heteroatoms. The summed E-state index contributed by atoms with van der Waals surface area (Å²) in [7, 11) is 0. The molecule has 25 heavy (non-hydrogen) atoms. The van der Waals surface area contributed by atoms with E-state index in [1.54, 1.807) is 6.07 Å². The van der Waals surface area contributed by atoms with Crippen LogP contribution in [0.1, 0.15) is 10.4 Å². The topological polar surface area (TPSA) is 54.4 Å². The molecular weight excluding hydrogens is 312 g/mol. The average molecular weight is 324 g/mol. The van der Waals surface area contributed by atoms with Gasteiger partial charge in [0.2, 0.25) is 0 Å². The monoisotopic (exact) mass is 324 g/mol. The summed E-state index contributed by atoms with van der Waals surface area (Å²) >= 11 is 0. The number of hydrogen-bond acceptors (Lipinski definition) is 2. The fraction of sp³-hybridized carbons (Fsp3) is 0. The first-order chi connectivity index (χ1) is 12.2. The van der Waals surface area contributed by atoms with Crippen molar-refractivity contribution in [2.75, 3.05) is 0 Å². The Hall–Kier alpha value is -3.46. The van der Waals surface area contributed by atoms with Crippen LogP contribution in [0.5, 0.6) is 0 Å². The second kappa shape index (κ2) is 4.77. The molecule has 0 radical (unpaired) electrons. The van der Waals surface area contributed by atoms with Gasteiger partial charge in [-0.15, -0.1) is 0 Å². The highest BCUT2D eigenvalue weighted by Crippen LogP contribution is 2.40.